The maximum Gasteiger partial charge on any atom is 1.00 e. The van der Waals surface area contributed by atoms with Crippen LogP contribution in [-0.2, 0) is 23.3 Å². The zero-order valence-electron chi connectivity index (χ0n) is 17.8. The summed E-state index contributed by atoms with van der Waals surface area (Å²) in [4.78, 5) is 16.3. The van der Waals surface area contributed by atoms with Gasteiger partial charge in [0.05, 0.1) is 31.9 Å². The van der Waals surface area contributed by atoms with Crippen molar-refractivity contribution in [2.24, 2.45) is 0 Å². The van der Waals surface area contributed by atoms with Crippen molar-refractivity contribution in [3.63, 3.8) is 0 Å². The molecule has 1 aromatic heterocycles. The Morgan fingerprint density at radius 1 is 1.24 bits per heavy atom. The van der Waals surface area contributed by atoms with E-state index >= 15 is 0 Å². The number of hydroxylamine groups is 1. The molecule has 14 nitrogen and oxygen atoms in total. The summed E-state index contributed by atoms with van der Waals surface area (Å²) in [5.74, 6) is 0.0614. The van der Waals surface area contributed by atoms with Crippen molar-refractivity contribution >= 4 is 51.8 Å². The van der Waals surface area contributed by atoms with E-state index < -0.39 is 15.0 Å². The number of hydrogen-bond donors (Lipinski definition) is 5. The first-order valence-corrected chi connectivity index (χ1v) is 11.4. The van der Waals surface area contributed by atoms with E-state index in [1.54, 1.807) is 0 Å². The van der Waals surface area contributed by atoms with Gasteiger partial charge in [0.2, 0.25) is 17.1 Å². The number of nitrogens with one attached hydrogen (secondary N) is 3. The summed E-state index contributed by atoms with van der Waals surface area (Å²) in [5, 5.41) is 14.2. The van der Waals surface area contributed by atoms with Gasteiger partial charge in [-0.1, -0.05) is 10.6 Å². The minimum Gasteiger partial charge on any atom is -0.746 e. The molecule has 2 rings (SSSR count). The van der Waals surface area contributed by atoms with Crippen molar-refractivity contribution < 1.29 is 69.0 Å². The predicted molar refractivity (Wildman–Crippen MR) is 110 cm³/mol. The van der Waals surface area contributed by atoms with Gasteiger partial charge < -0.3 is 20.7 Å². The van der Waals surface area contributed by atoms with Gasteiger partial charge in [0.25, 0.3) is 0 Å². The van der Waals surface area contributed by atoms with Gasteiger partial charge >= 0.3 is 37.7 Å². The molecular weight excluding hydrogens is 488 g/mol. The van der Waals surface area contributed by atoms with Crippen LogP contribution in [0.2, 0.25) is 0 Å². The topological polar surface area (TPSA) is 206 Å². The minimum absolute atomic E-state index is 0. The molecular formula is C14H19Li2N7O7S3. The molecule has 2 aromatic rings. The Hall–Kier alpha value is -0.605. The first-order chi connectivity index (χ1) is 14.9. The second-order valence-electron chi connectivity index (χ2n) is 5.16. The maximum atomic E-state index is 11.1. The Morgan fingerprint density at radius 3 is 2.76 bits per heavy atom. The monoisotopic (exact) mass is 507 g/mol. The summed E-state index contributed by atoms with van der Waals surface area (Å²) in [6, 6.07) is 6.22. The van der Waals surface area contributed by atoms with Gasteiger partial charge in [-0.05, 0) is 0 Å². The number of aromatic nitrogens is 3. The van der Waals surface area contributed by atoms with E-state index in [-0.39, 0.29) is 86.3 Å². The van der Waals surface area contributed by atoms with Crippen molar-refractivity contribution in [2.75, 3.05) is 43.6 Å². The van der Waals surface area contributed by atoms with Crippen LogP contribution in [0.4, 0.5) is 17.6 Å². The fraction of sp³-hybridized carbons (Fsp3) is 0.357. The molecule has 1 heterocycles. The van der Waals surface area contributed by atoms with Crippen molar-refractivity contribution in [1.82, 2.24) is 25.7 Å². The molecule has 0 amide bonds. The maximum absolute atomic E-state index is 11.1. The molecule has 1 aromatic carbocycles. The fourth-order valence-corrected chi connectivity index (χ4v) is 3.18. The number of nitrogens with two attached hydrogens (primary N) is 1. The molecule has 6 N–H and O–H groups in total. The zero-order chi connectivity index (χ0) is 22.5. The number of rotatable bonds is 15. The van der Waals surface area contributed by atoms with Crippen LogP contribution in [-0.4, -0.2) is 65.6 Å². The first kappa shape index (κ1) is 32.4. The van der Waals surface area contributed by atoms with Gasteiger partial charge in [-0.15, -0.1) is 6.07 Å². The van der Waals surface area contributed by atoms with Crippen LogP contribution >= 0.6 is 24.1 Å². The smallest absolute Gasteiger partial charge is 0.746 e. The van der Waals surface area contributed by atoms with Crippen molar-refractivity contribution in [3.8, 4) is 0 Å². The summed E-state index contributed by atoms with van der Waals surface area (Å²) in [6.45, 7) is 0.663. The van der Waals surface area contributed by atoms with Crippen LogP contribution < -0.4 is 59.6 Å². The molecule has 0 unspecified atom stereocenters. The van der Waals surface area contributed by atoms with Crippen LogP contribution in [0.25, 0.3) is 0 Å². The quantitative estimate of drug-likeness (QED) is 0.0289. The molecule has 19 heteroatoms. The summed E-state index contributed by atoms with van der Waals surface area (Å²) in [6.07, 6.45) is 0. The van der Waals surface area contributed by atoms with E-state index in [9.17, 15) is 13.0 Å². The van der Waals surface area contributed by atoms with Crippen LogP contribution in [0.3, 0.4) is 0 Å². The number of nitrogens with zero attached hydrogens (tertiary/aromatic N) is 3. The SMILES string of the molecule is Nc1nc(Nc2[c-]ccc(S(=O)(=O)[O-])c2)nc(SOCSOCNCNOCCO)n1.[Li+].[Li+]. The van der Waals surface area contributed by atoms with Gasteiger partial charge in [-0.3, -0.25) is 18.5 Å². The molecule has 0 radical (unpaired) electrons. The molecule has 0 saturated heterocycles. The summed E-state index contributed by atoms with van der Waals surface area (Å²) in [7, 11) is -4.61. The summed E-state index contributed by atoms with van der Waals surface area (Å²) < 4.78 is 43.8. The van der Waals surface area contributed by atoms with E-state index in [2.05, 4.69) is 37.1 Å². The Kier molecular flexibility index (Phi) is 17.4. The Labute approximate surface area is 223 Å². The van der Waals surface area contributed by atoms with Gasteiger partial charge in [-0.25, -0.2) is 8.42 Å². The molecule has 0 aliphatic carbocycles. The molecule has 0 atom stereocenters. The average molecular weight is 507 g/mol. The number of aliphatic hydroxyl groups excluding tert-OH is 1. The van der Waals surface area contributed by atoms with Crippen molar-refractivity contribution in [1.29, 1.82) is 0 Å². The third kappa shape index (κ3) is 13.8. The normalized spacial score (nSPS) is 10.8. The number of benzene rings is 1. The van der Waals surface area contributed by atoms with Gasteiger partial charge in [0.1, 0.15) is 22.8 Å². The minimum atomic E-state index is -4.61. The largest absolute Gasteiger partial charge is 1.00 e. The van der Waals surface area contributed by atoms with Crippen LogP contribution in [0.1, 0.15) is 0 Å². The fourth-order valence-electron chi connectivity index (χ4n) is 1.74. The second-order valence-corrected chi connectivity index (χ2v) is 8.01. The number of nitrogen functional groups attached to an aromatic ring is 1. The third-order valence-corrected chi connectivity index (χ3v) is 4.95. The zero-order valence-corrected chi connectivity index (χ0v) is 20.3. The van der Waals surface area contributed by atoms with Crippen LogP contribution in [0, 0.1) is 6.07 Å². The van der Waals surface area contributed by atoms with Crippen molar-refractivity contribution in [3.05, 3.63) is 24.3 Å². The Balaban J connectivity index is 0.00000512. The summed E-state index contributed by atoms with van der Waals surface area (Å²) >= 11 is 1.86. The van der Waals surface area contributed by atoms with Gasteiger partial charge in [0.15, 0.2) is 0 Å². The molecule has 172 valence electrons. The summed E-state index contributed by atoms with van der Waals surface area (Å²) in [5.41, 5.74) is 8.37. The molecule has 0 spiro atoms. The molecule has 0 bridgehead atoms. The molecule has 0 aliphatic heterocycles. The van der Waals surface area contributed by atoms with Gasteiger partial charge in [-0.2, -0.15) is 38.6 Å². The predicted octanol–water partition coefficient (Wildman–Crippen LogP) is -6.43. The van der Waals surface area contributed by atoms with E-state index in [4.69, 9.17) is 24.0 Å². The van der Waals surface area contributed by atoms with Crippen molar-refractivity contribution in [2.45, 2.75) is 10.1 Å². The van der Waals surface area contributed by atoms with E-state index in [1.165, 1.54) is 6.07 Å². The molecule has 0 saturated carbocycles. The first-order valence-electron chi connectivity index (χ1n) is 8.35. The molecule has 33 heavy (non-hydrogen) atoms. The van der Waals surface area contributed by atoms with E-state index in [1.807, 2.05) is 0 Å². The number of anilines is 3. The van der Waals surface area contributed by atoms with Gasteiger partial charge in [0, 0.05) is 12.0 Å². The average Bonchev–Trinajstić information content (AvgIpc) is 2.71. The van der Waals surface area contributed by atoms with E-state index in [0.29, 0.717) is 6.67 Å². The Morgan fingerprint density at radius 2 is 2.03 bits per heavy atom. The van der Waals surface area contributed by atoms with Crippen LogP contribution in [0.5, 0.6) is 0 Å². The van der Waals surface area contributed by atoms with E-state index in [0.717, 1.165) is 36.2 Å². The van der Waals surface area contributed by atoms with Crippen LogP contribution in [0.15, 0.2) is 28.3 Å². The Bertz CT molecular complexity index is 934. The molecule has 0 fully saturated rings. The third-order valence-electron chi connectivity index (χ3n) is 2.91. The number of aliphatic hydroxyl groups is 1. The second kappa shape index (κ2) is 17.8. The standard InChI is InChI=1S/C14H20N7O7S3.2Li/c15-12-19-13(18-10-2-1-3-11(6-10)31(23,24)25)21-14(20-12)30-28-9-29-27-8-16-7-17-26-5-4-22;;/h1,3,6,16-17,22H,4-5,7-9H2,(H,23,24,25)(H3,15,18,19,20,21);;/q-1;2*+1/p-1. The molecule has 0 aliphatic rings. The number of hydrogen-bond acceptors (Lipinski definition) is 16.